The minimum absolute atomic E-state index is 0.144. The number of allylic oxidation sites excluding steroid dienone is 1. The molecule has 3 aromatic rings. The summed E-state index contributed by atoms with van der Waals surface area (Å²) in [5.41, 5.74) is 1.94. The van der Waals surface area contributed by atoms with Crippen molar-refractivity contribution in [3.63, 3.8) is 0 Å². The summed E-state index contributed by atoms with van der Waals surface area (Å²) in [7, 11) is 3.50. The lowest BCUT2D eigenvalue weighted by atomic mass is 10.2. The minimum atomic E-state index is -0.144. The van der Waals surface area contributed by atoms with Gasteiger partial charge in [-0.15, -0.1) is 6.58 Å². The van der Waals surface area contributed by atoms with Gasteiger partial charge < -0.3 is 9.13 Å². The van der Waals surface area contributed by atoms with E-state index in [0.717, 1.165) is 11.4 Å². The van der Waals surface area contributed by atoms with Crippen LogP contribution in [-0.2, 0) is 20.6 Å². The zero-order valence-corrected chi connectivity index (χ0v) is 13.3. The number of nitrogens with zero attached hydrogens (tertiary/aromatic N) is 4. The van der Waals surface area contributed by atoms with Crippen molar-refractivity contribution in [2.75, 3.05) is 0 Å². The molecule has 0 amide bonds. The number of fused-ring (bicyclic) bond motifs is 1. The number of benzene rings is 1. The number of aryl methyl sites for hydroxylation is 1. The molecule has 0 radical (unpaired) electrons. The summed E-state index contributed by atoms with van der Waals surface area (Å²) >= 11 is 5.30. The summed E-state index contributed by atoms with van der Waals surface area (Å²) < 4.78 is 5.56. The molecule has 0 aliphatic heterocycles. The highest BCUT2D eigenvalue weighted by molar-refractivity contribution is 7.71. The SMILES string of the molecule is C=CCn1c(-c2ccccc2)nc2c1c(=O)n(C)c(=S)n2C. The van der Waals surface area contributed by atoms with Gasteiger partial charge in [-0.3, -0.25) is 9.36 Å². The quantitative estimate of drug-likeness (QED) is 0.552. The second-order valence-corrected chi connectivity index (χ2v) is 5.44. The van der Waals surface area contributed by atoms with Gasteiger partial charge in [-0.05, 0) is 12.2 Å². The van der Waals surface area contributed by atoms with Crippen LogP contribution in [0.15, 0.2) is 47.8 Å². The van der Waals surface area contributed by atoms with Gasteiger partial charge in [0.1, 0.15) is 5.82 Å². The Morgan fingerprint density at radius 2 is 1.91 bits per heavy atom. The third-order valence-electron chi connectivity index (χ3n) is 3.69. The first-order valence-electron chi connectivity index (χ1n) is 6.88. The predicted molar refractivity (Wildman–Crippen MR) is 90.4 cm³/mol. The Morgan fingerprint density at radius 3 is 2.55 bits per heavy atom. The molecule has 0 spiro atoms. The van der Waals surface area contributed by atoms with Crippen molar-refractivity contribution in [1.82, 2.24) is 18.7 Å². The highest BCUT2D eigenvalue weighted by Gasteiger charge is 2.18. The standard InChI is InChI=1S/C16H16N4OS/c1-4-10-20-12-14(18(2)16(22)19(3)15(12)21)17-13(20)11-8-6-5-7-9-11/h4-9H,1,10H2,2-3H3. The van der Waals surface area contributed by atoms with E-state index in [2.05, 4.69) is 11.6 Å². The molecular weight excluding hydrogens is 296 g/mol. The van der Waals surface area contributed by atoms with Gasteiger partial charge in [0.25, 0.3) is 5.56 Å². The fraction of sp³-hybridized carbons (Fsp3) is 0.188. The Morgan fingerprint density at radius 1 is 1.23 bits per heavy atom. The zero-order chi connectivity index (χ0) is 15.9. The summed E-state index contributed by atoms with van der Waals surface area (Å²) in [6.45, 7) is 4.29. The van der Waals surface area contributed by atoms with Gasteiger partial charge in [0.05, 0.1) is 0 Å². The average Bonchev–Trinajstić information content (AvgIpc) is 2.92. The van der Waals surface area contributed by atoms with Gasteiger partial charge in [0, 0.05) is 26.2 Å². The number of hydrogen-bond acceptors (Lipinski definition) is 3. The third-order valence-corrected chi connectivity index (χ3v) is 4.24. The van der Waals surface area contributed by atoms with Crippen LogP contribution in [0.25, 0.3) is 22.6 Å². The Kier molecular flexibility index (Phi) is 3.54. The molecule has 2 aromatic heterocycles. The minimum Gasteiger partial charge on any atom is -0.314 e. The molecule has 6 heteroatoms. The molecule has 5 nitrogen and oxygen atoms in total. The molecule has 0 aliphatic rings. The van der Waals surface area contributed by atoms with Crippen LogP contribution < -0.4 is 5.56 Å². The van der Waals surface area contributed by atoms with Crippen molar-refractivity contribution >= 4 is 23.4 Å². The monoisotopic (exact) mass is 312 g/mol. The van der Waals surface area contributed by atoms with Crippen LogP contribution in [0, 0.1) is 4.77 Å². The van der Waals surface area contributed by atoms with Crippen LogP contribution >= 0.6 is 12.2 Å². The van der Waals surface area contributed by atoms with Gasteiger partial charge in [-0.2, -0.15) is 0 Å². The molecule has 0 atom stereocenters. The van der Waals surface area contributed by atoms with Crippen molar-refractivity contribution in [2.45, 2.75) is 6.54 Å². The van der Waals surface area contributed by atoms with Gasteiger partial charge in [0.15, 0.2) is 15.9 Å². The summed E-state index contributed by atoms with van der Waals surface area (Å²) in [5, 5.41) is 0. The van der Waals surface area contributed by atoms with E-state index < -0.39 is 0 Å². The van der Waals surface area contributed by atoms with Gasteiger partial charge in [-0.1, -0.05) is 36.4 Å². The molecule has 1 aromatic carbocycles. The summed E-state index contributed by atoms with van der Waals surface area (Å²) in [6, 6.07) is 9.79. The van der Waals surface area contributed by atoms with Crippen LogP contribution in [0.5, 0.6) is 0 Å². The van der Waals surface area contributed by atoms with Crippen molar-refractivity contribution in [1.29, 1.82) is 0 Å². The highest BCUT2D eigenvalue weighted by atomic mass is 32.1. The van der Waals surface area contributed by atoms with Crippen LogP contribution in [0.3, 0.4) is 0 Å². The second-order valence-electron chi connectivity index (χ2n) is 5.08. The lowest BCUT2D eigenvalue weighted by Crippen LogP contribution is -2.23. The van der Waals surface area contributed by atoms with Crippen molar-refractivity contribution < 1.29 is 0 Å². The highest BCUT2D eigenvalue weighted by Crippen LogP contribution is 2.22. The Labute approximate surface area is 132 Å². The smallest absolute Gasteiger partial charge is 0.280 e. The van der Waals surface area contributed by atoms with E-state index in [1.165, 1.54) is 4.57 Å². The Hall–Kier alpha value is -2.47. The second kappa shape index (κ2) is 5.38. The van der Waals surface area contributed by atoms with Crippen LogP contribution in [0.1, 0.15) is 0 Å². The maximum absolute atomic E-state index is 12.6. The lowest BCUT2D eigenvalue weighted by molar-refractivity contribution is 0.734. The Bertz CT molecular complexity index is 979. The van der Waals surface area contributed by atoms with Crippen LogP contribution in [-0.4, -0.2) is 18.7 Å². The maximum atomic E-state index is 12.6. The van der Waals surface area contributed by atoms with Gasteiger partial charge >= 0.3 is 0 Å². The maximum Gasteiger partial charge on any atom is 0.280 e. The first-order chi connectivity index (χ1) is 10.6. The molecule has 0 aliphatic carbocycles. The molecule has 0 bridgehead atoms. The van der Waals surface area contributed by atoms with Crippen LogP contribution in [0.4, 0.5) is 0 Å². The van der Waals surface area contributed by atoms with Crippen molar-refractivity contribution in [3.8, 4) is 11.4 Å². The molecule has 0 fully saturated rings. The first kappa shape index (κ1) is 14.5. The normalized spacial score (nSPS) is 11.0. The Balaban J connectivity index is 2.50. The molecule has 0 saturated heterocycles. The molecule has 0 saturated carbocycles. The summed E-state index contributed by atoms with van der Waals surface area (Å²) in [5.74, 6) is 0.740. The zero-order valence-electron chi connectivity index (χ0n) is 12.5. The number of rotatable bonds is 3. The molecule has 0 N–H and O–H groups in total. The molecule has 22 heavy (non-hydrogen) atoms. The predicted octanol–water partition coefficient (Wildman–Crippen LogP) is 2.66. The fourth-order valence-electron chi connectivity index (χ4n) is 2.56. The largest absolute Gasteiger partial charge is 0.314 e. The molecular formula is C16H16N4OS. The van der Waals surface area contributed by atoms with Gasteiger partial charge in [-0.25, -0.2) is 4.98 Å². The molecule has 2 heterocycles. The molecule has 0 unspecified atom stereocenters. The molecule has 3 rings (SSSR count). The first-order valence-corrected chi connectivity index (χ1v) is 7.29. The van der Waals surface area contributed by atoms with E-state index in [4.69, 9.17) is 12.2 Å². The average molecular weight is 312 g/mol. The third kappa shape index (κ3) is 2.03. The lowest BCUT2D eigenvalue weighted by Gasteiger charge is -2.08. The number of aromatic nitrogens is 4. The fourth-order valence-corrected chi connectivity index (χ4v) is 2.73. The van der Waals surface area contributed by atoms with E-state index in [1.54, 1.807) is 17.7 Å². The van der Waals surface area contributed by atoms with Crippen LogP contribution in [0.2, 0.25) is 0 Å². The van der Waals surface area contributed by atoms with E-state index in [1.807, 2.05) is 41.9 Å². The van der Waals surface area contributed by atoms with Crippen molar-refractivity contribution in [3.05, 3.63) is 58.1 Å². The number of imidazole rings is 1. The van der Waals surface area contributed by atoms with E-state index in [-0.39, 0.29) is 5.56 Å². The van der Waals surface area contributed by atoms with Crippen molar-refractivity contribution in [2.24, 2.45) is 14.1 Å². The van der Waals surface area contributed by atoms with E-state index >= 15 is 0 Å². The summed E-state index contributed by atoms with van der Waals surface area (Å²) in [6.07, 6.45) is 1.76. The summed E-state index contributed by atoms with van der Waals surface area (Å²) in [4.78, 5) is 17.3. The molecule has 112 valence electrons. The van der Waals surface area contributed by atoms with Gasteiger partial charge in [0.2, 0.25) is 0 Å². The van der Waals surface area contributed by atoms with E-state index in [0.29, 0.717) is 22.5 Å². The van der Waals surface area contributed by atoms with E-state index in [9.17, 15) is 4.79 Å². The number of hydrogen-bond donors (Lipinski definition) is 0. The topological polar surface area (TPSA) is 44.8 Å².